The van der Waals surface area contributed by atoms with Gasteiger partial charge < -0.3 is 9.84 Å². The third-order valence-corrected chi connectivity index (χ3v) is 5.83. The van der Waals surface area contributed by atoms with Crippen LogP contribution in [-0.4, -0.2) is 20.3 Å². The lowest BCUT2D eigenvalue weighted by molar-refractivity contribution is 0.392. The van der Waals surface area contributed by atoms with Crippen molar-refractivity contribution < 1.29 is 8.91 Å². The van der Waals surface area contributed by atoms with Gasteiger partial charge in [-0.25, -0.2) is 4.39 Å². The van der Waals surface area contributed by atoms with Gasteiger partial charge in [-0.15, -0.1) is 21.5 Å². The maximum atomic E-state index is 13.2. The van der Waals surface area contributed by atoms with Crippen LogP contribution in [0.2, 0.25) is 0 Å². The quantitative estimate of drug-likeness (QED) is 0.472. The Kier molecular flexibility index (Phi) is 4.72. The molecule has 0 fully saturated rings. The van der Waals surface area contributed by atoms with E-state index >= 15 is 0 Å². The molecule has 0 aliphatic rings. The number of benzene rings is 1. The first-order valence-electron chi connectivity index (χ1n) is 7.11. The van der Waals surface area contributed by atoms with Gasteiger partial charge in [-0.1, -0.05) is 40.4 Å². The molecule has 4 aromatic rings. The standard InChI is InChI=1S/C15H10FN5OS3/c16-9-3-1-4-10(7-9)17-14-19-20-15(25-14)24-8-12-18-13(21-22-12)11-5-2-6-23-11/h1-7H,8H2,(H,17,19). The van der Waals surface area contributed by atoms with Gasteiger partial charge >= 0.3 is 0 Å². The van der Waals surface area contributed by atoms with Crippen molar-refractivity contribution in [3.05, 3.63) is 53.5 Å². The minimum Gasteiger partial charge on any atom is -0.338 e. The average Bonchev–Trinajstić information content (AvgIpc) is 3.34. The summed E-state index contributed by atoms with van der Waals surface area (Å²) in [6, 6.07) is 10.1. The Morgan fingerprint density at radius 2 is 2.16 bits per heavy atom. The Labute approximate surface area is 154 Å². The summed E-state index contributed by atoms with van der Waals surface area (Å²) in [6.07, 6.45) is 0. The van der Waals surface area contributed by atoms with Crippen LogP contribution >= 0.6 is 34.4 Å². The van der Waals surface area contributed by atoms with Crippen LogP contribution in [0.4, 0.5) is 15.2 Å². The van der Waals surface area contributed by atoms with Gasteiger partial charge in [0, 0.05) is 5.69 Å². The molecule has 0 spiro atoms. The first-order valence-corrected chi connectivity index (χ1v) is 9.80. The van der Waals surface area contributed by atoms with Gasteiger partial charge in [0.1, 0.15) is 5.82 Å². The third-order valence-electron chi connectivity index (χ3n) is 3.01. The summed E-state index contributed by atoms with van der Waals surface area (Å²) in [5, 5.41) is 17.7. The summed E-state index contributed by atoms with van der Waals surface area (Å²) >= 11 is 4.40. The predicted molar refractivity (Wildman–Crippen MR) is 96.8 cm³/mol. The molecule has 126 valence electrons. The summed E-state index contributed by atoms with van der Waals surface area (Å²) in [5.41, 5.74) is 0.630. The topological polar surface area (TPSA) is 76.7 Å². The van der Waals surface area contributed by atoms with Crippen LogP contribution in [0.3, 0.4) is 0 Å². The number of nitrogens with one attached hydrogen (secondary N) is 1. The van der Waals surface area contributed by atoms with E-state index in [1.54, 1.807) is 23.5 Å². The van der Waals surface area contributed by atoms with Crippen molar-refractivity contribution >= 4 is 45.3 Å². The average molecular weight is 391 g/mol. The molecule has 6 nitrogen and oxygen atoms in total. The third kappa shape index (κ3) is 4.03. The van der Waals surface area contributed by atoms with Crippen LogP contribution < -0.4 is 5.32 Å². The Bertz CT molecular complexity index is 969. The lowest BCUT2D eigenvalue weighted by Gasteiger charge is -2.00. The largest absolute Gasteiger partial charge is 0.338 e. The molecule has 0 atom stereocenters. The highest BCUT2D eigenvalue weighted by atomic mass is 32.2. The van der Waals surface area contributed by atoms with Crippen LogP contribution in [0.5, 0.6) is 0 Å². The normalized spacial score (nSPS) is 10.9. The van der Waals surface area contributed by atoms with Crippen LogP contribution in [-0.2, 0) is 5.75 Å². The number of halogens is 1. The predicted octanol–water partition coefficient (Wildman–Crippen LogP) is 4.82. The maximum absolute atomic E-state index is 13.2. The maximum Gasteiger partial charge on any atom is 0.237 e. The SMILES string of the molecule is Fc1cccc(Nc2nnc(SCc3nc(-c4cccs4)no3)s2)c1. The van der Waals surface area contributed by atoms with Crippen molar-refractivity contribution in [3.8, 4) is 10.7 Å². The van der Waals surface area contributed by atoms with Gasteiger partial charge in [-0.2, -0.15) is 4.98 Å². The molecule has 0 saturated heterocycles. The Morgan fingerprint density at radius 1 is 1.20 bits per heavy atom. The molecule has 10 heteroatoms. The molecule has 3 aromatic heterocycles. The summed E-state index contributed by atoms with van der Waals surface area (Å²) in [7, 11) is 0. The highest BCUT2D eigenvalue weighted by Gasteiger charge is 2.12. The smallest absolute Gasteiger partial charge is 0.237 e. The molecule has 1 aromatic carbocycles. The summed E-state index contributed by atoms with van der Waals surface area (Å²) < 4.78 is 19.2. The fourth-order valence-electron chi connectivity index (χ4n) is 1.95. The molecule has 0 radical (unpaired) electrons. The summed E-state index contributed by atoms with van der Waals surface area (Å²) in [4.78, 5) is 5.33. The number of rotatable bonds is 6. The van der Waals surface area contributed by atoms with Crippen molar-refractivity contribution in [3.63, 3.8) is 0 Å². The van der Waals surface area contributed by atoms with Crippen molar-refractivity contribution in [2.45, 2.75) is 10.1 Å². The molecule has 25 heavy (non-hydrogen) atoms. The van der Waals surface area contributed by atoms with E-state index in [0.29, 0.717) is 28.3 Å². The minimum atomic E-state index is -0.304. The van der Waals surface area contributed by atoms with Crippen molar-refractivity contribution in [1.29, 1.82) is 0 Å². The molecule has 0 aliphatic heterocycles. The number of hydrogen-bond donors (Lipinski definition) is 1. The minimum absolute atomic E-state index is 0.304. The fourth-order valence-corrected chi connectivity index (χ4v) is 4.21. The molecule has 0 amide bonds. The van der Waals surface area contributed by atoms with Crippen molar-refractivity contribution in [2.24, 2.45) is 0 Å². The lowest BCUT2D eigenvalue weighted by Crippen LogP contribution is -1.89. The van der Waals surface area contributed by atoms with Crippen LogP contribution in [0.1, 0.15) is 5.89 Å². The summed E-state index contributed by atoms with van der Waals surface area (Å²) in [6.45, 7) is 0. The zero-order valence-electron chi connectivity index (χ0n) is 12.5. The highest BCUT2D eigenvalue weighted by Crippen LogP contribution is 2.30. The first-order chi connectivity index (χ1) is 12.3. The van der Waals surface area contributed by atoms with Crippen molar-refractivity contribution in [2.75, 3.05) is 5.32 Å². The van der Waals surface area contributed by atoms with E-state index in [1.807, 2.05) is 17.5 Å². The van der Waals surface area contributed by atoms with E-state index in [0.717, 1.165) is 9.22 Å². The van der Waals surface area contributed by atoms with Gasteiger partial charge in [-0.3, -0.25) is 0 Å². The number of thioether (sulfide) groups is 1. The first kappa shape index (κ1) is 16.2. The second-order valence-electron chi connectivity index (χ2n) is 4.79. The van der Waals surface area contributed by atoms with E-state index in [4.69, 9.17) is 4.52 Å². The Balaban J connectivity index is 1.37. The monoisotopic (exact) mass is 391 g/mol. The van der Waals surface area contributed by atoms with Crippen LogP contribution in [0.15, 0.2) is 50.6 Å². The van der Waals surface area contributed by atoms with E-state index in [1.165, 1.54) is 35.2 Å². The van der Waals surface area contributed by atoms with Gasteiger partial charge in [0.25, 0.3) is 0 Å². The molecular formula is C15H10FN5OS3. The lowest BCUT2D eigenvalue weighted by atomic mass is 10.3. The molecule has 3 heterocycles. The van der Waals surface area contributed by atoms with Gasteiger partial charge in [-0.05, 0) is 29.6 Å². The molecule has 1 N–H and O–H groups in total. The van der Waals surface area contributed by atoms with Gasteiger partial charge in [0.2, 0.25) is 16.8 Å². The zero-order valence-corrected chi connectivity index (χ0v) is 15.0. The fraction of sp³-hybridized carbons (Fsp3) is 0.0667. The van der Waals surface area contributed by atoms with Crippen molar-refractivity contribution in [1.82, 2.24) is 20.3 Å². The van der Waals surface area contributed by atoms with E-state index in [2.05, 4.69) is 25.7 Å². The van der Waals surface area contributed by atoms with Crippen LogP contribution in [0, 0.1) is 5.82 Å². The van der Waals surface area contributed by atoms with E-state index in [-0.39, 0.29) is 5.82 Å². The van der Waals surface area contributed by atoms with E-state index < -0.39 is 0 Å². The molecular weight excluding hydrogens is 381 g/mol. The second-order valence-corrected chi connectivity index (χ2v) is 7.93. The highest BCUT2D eigenvalue weighted by molar-refractivity contribution is 8.00. The molecule has 0 saturated carbocycles. The molecule has 0 bridgehead atoms. The molecule has 0 unspecified atom stereocenters. The number of thiophene rings is 1. The zero-order chi connectivity index (χ0) is 17.1. The van der Waals surface area contributed by atoms with Gasteiger partial charge in [0.05, 0.1) is 10.6 Å². The Hall–Kier alpha value is -2.30. The van der Waals surface area contributed by atoms with Crippen LogP contribution in [0.25, 0.3) is 10.7 Å². The van der Waals surface area contributed by atoms with Gasteiger partial charge in [0.15, 0.2) is 4.34 Å². The molecule has 4 rings (SSSR count). The number of hydrogen-bond acceptors (Lipinski definition) is 9. The second kappa shape index (κ2) is 7.30. The number of aromatic nitrogens is 4. The molecule has 0 aliphatic carbocycles. The Morgan fingerprint density at radius 3 is 3.00 bits per heavy atom. The number of nitrogens with zero attached hydrogens (tertiary/aromatic N) is 4. The number of anilines is 2. The summed E-state index contributed by atoms with van der Waals surface area (Å²) in [5.74, 6) is 1.33. The van der Waals surface area contributed by atoms with E-state index in [9.17, 15) is 4.39 Å².